The lowest BCUT2D eigenvalue weighted by atomic mass is 9.97. The molecular formula is C11H12F3NO2. The van der Waals surface area contributed by atoms with Crippen LogP contribution in [0.3, 0.4) is 0 Å². The van der Waals surface area contributed by atoms with Crippen LogP contribution < -0.4 is 0 Å². The normalized spacial score (nSPS) is 31.1. The molecule has 17 heavy (non-hydrogen) atoms. The highest BCUT2D eigenvalue weighted by Gasteiger charge is 2.50. The number of likely N-dealkylation sites (tertiary alicyclic amines) is 1. The van der Waals surface area contributed by atoms with E-state index in [0.717, 1.165) is 5.70 Å². The Bertz CT molecular complexity index is 421. The number of halogens is 3. The Kier molecular flexibility index (Phi) is 2.48. The fraction of sp³-hybridized carbons (Fsp3) is 0.545. The third kappa shape index (κ3) is 1.71. The number of allylic oxidation sites excluding steroid dienone is 1. The van der Waals surface area contributed by atoms with E-state index in [1.807, 2.05) is 0 Å². The average molecular weight is 247 g/mol. The highest BCUT2D eigenvalue weighted by atomic mass is 19.4. The number of rotatable bonds is 1. The van der Waals surface area contributed by atoms with Crippen molar-refractivity contribution in [3.8, 4) is 0 Å². The van der Waals surface area contributed by atoms with Crippen molar-refractivity contribution < 1.29 is 23.1 Å². The third-order valence-electron chi connectivity index (χ3n) is 3.59. The van der Waals surface area contributed by atoms with Crippen LogP contribution in [0.4, 0.5) is 13.2 Å². The second-order valence-corrected chi connectivity index (χ2v) is 4.46. The van der Waals surface area contributed by atoms with E-state index < -0.39 is 23.8 Å². The van der Waals surface area contributed by atoms with E-state index in [1.165, 1.54) is 0 Å². The van der Waals surface area contributed by atoms with Crippen molar-refractivity contribution in [3.05, 3.63) is 23.4 Å². The first kappa shape index (κ1) is 12.0. The van der Waals surface area contributed by atoms with Crippen LogP contribution in [0.1, 0.15) is 12.8 Å². The van der Waals surface area contributed by atoms with Gasteiger partial charge in [-0.25, -0.2) is 4.79 Å². The number of hydrogen-bond donors (Lipinski definition) is 1. The molecule has 1 aliphatic carbocycles. The summed E-state index contributed by atoms with van der Waals surface area (Å²) in [4.78, 5) is 12.4. The van der Waals surface area contributed by atoms with E-state index in [0.29, 0.717) is 6.42 Å². The maximum absolute atomic E-state index is 12.7. The number of hydrogen-bond acceptors (Lipinski definition) is 2. The van der Waals surface area contributed by atoms with Gasteiger partial charge in [-0.3, -0.25) is 0 Å². The summed E-state index contributed by atoms with van der Waals surface area (Å²) in [6.07, 6.45) is -4.10. The summed E-state index contributed by atoms with van der Waals surface area (Å²) in [5.41, 5.74) is -0.611. The molecule has 2 aliphatic rings. The number of aliphatic carboxylic acids is 1. The van der Waals surface area contributed by atoms with Crippen LogP contribution in [0.5, 0.6) is 0 Å². The predicted molar refractivity (Wildman–Crippen MR) is 54.1 cm³/mol. The minimum Gasteiger partial charge on any atom is -0.478 e. The summed E-state index contributed by atoms with van der Waals surface area (Å²) in [7, 11) is 1.65. The van der Waals surface area contributed by atoms with Crippen LogP contribution in [0.2, 0.25) is 0 Å². The molecule has 0 amide bonds. The quantitative estimate of drug-likeness (QED) is 0.722. The second kappa shape index (κ2) is 3.51. The van der Waals surface area contributed by atoms with Crippen LogP contribution in [-0.4, -0.2) is 35.2 Å². The van der Waals surface area contributed by atoms with Gasteiger partial charge in [-0.1, -0.05) is 6.58 Å². The van der Waals surface area contributed by atoms with Crippen molar-refractivity contribution in [3.63, 3.8) is 0 Å². The molecule has 0 aromatic heterocycles. The molecule has 0 radical (unpaired) electrons. The van der Waals surface area contributed by atoms with Gasteiger partial charge in [0.2, 0.25) is 0 Å². The van der Waals surface area contributed by atoms with Crippen LogP contribution in [0, 0.1) is 5.92 Å². The van der Waals surface area contributed by atoms with Gasteiger partial charge in [0, 0.05) is 18.7 Å². The van der Waals surface area contributed by atoms with E-state index in [1.54, 1.807) is 11.9 Å². The van der Waals surface area contributed by atoms with Gasteiger partial charge in [0.15, 0.2) is 0 Å². The molecule has 0 aromatic rings. The minimum absolute atomic E-state index is 0.00935. The lowest BCUT2D eigenvalue weighted by molar-refractivity contribution is -0.145. The molecule has 0 aromatic carbocycles. The fourth-order valence-corrected chi connectivity index (χ4v) is 2.74. The molecule has 2 rings (SSSR count). The predicted octanol–water partition coefficient (Wildman–Crippen LogP) is 2.17. The SMILES string of the molecule is C=C1C2C/C(=C(/C(=O)O)C(F)(F)F)C(C2)N1C. The van der Waals surface area contributed by atoms with E-state index in [4.69, 9.17) is 5.11 Å². The summed E-state index contributed by atoms with van der Waals surface area (Å²) < 4.78 is 38.1. The van der Waals surface area contributed by atoms with Gasteiger partial charge in [-0.2, -0.15) is 13.2 Å². The van der Waals surface area contributed by atoms with E-state index in [2.05, 4.69) is 6.58 Å². The van der Waals surface area contributed by atoms with Crippen LogP contribution >= 0.6 is 0 Å². The fourth-order valence-electron chi connectivity index (χ4n) is 2.74. The van der Waals surface area contributed by atoms with Gasteiger partial charge < -0.3 is 10.0 Å². The highest BCUT2D eigenvalue weighted by Crippen LogP contribution is 2.49. The molecule has 2 bridgehead atoms. The molecule has 1 saturated carbocycles. The largest absolute Gasteiger partial charge is 0.478 e. The Morgan fingerprint density at radius 3 is 2.47 bits per heavy atom. The van der Waals surface area contributed by atoms with Crippen molar-refractivity contribution in [1.29, 1.82) is 0 Å². The molecule has 1 heterocycles. The first-order valence-corrected chi connectivity index (χ1v) is 5.18. The van der Waals surface area contributed by atoms with Gasteiger partial charge in [0.05, 0.1) is 6.04 Å². The van der Waals surface area contributed by atoms with Gasteiger partial charge in [-0.15, -0.1) is 0 Å². The number of fused-ring (bicyclic) bond motifs is 2. The Morgan fingerprint density at radius 1 is 1.53 bits per heavy atom. The summed E-state index contributed by atoms with van der Waals surface area (Å²) in [5.74, 6) is -1.93. The van der Waals surface area contributed by atoms with E-state index >= 15 is 0 Å². The number of nitrogens with zero attached hydrogens (tertiary/aromatic N) is 1. The lowest BCUT2D eigenvalue weighted by Crippen LogP contribution is -2.33. The Labute approximate surface area is 96.2 Å². The Balaban J connectivity index is 2.46. The maximum Gasteiger partial charge on any atom is 0.423 e. The first-order valence-electron chi connectivity index (χ1n) is 5.18. The zero-order valence-corrected chi connectivity index (χ0v) is 9.21. The molecule has 2 fully saturated rings. The van der Waals surface area contributed by atoms with Crippen molar-refractivity contribution in [2.24, 2.45) is 5.92 Å². The van der Waals surface area contributed by atoms with Crippen molar-refractivity contribution in [2.45, 2.75) is 25.1 Å². The number of piperidine rings is 1. The maximum atomic E-state index is 12.7. The summed E-state index contributed by atoms with van der Waals surface area (Å²) in [5, 5.41) is 8.73. The summed E-state index contributed by atoms with van der Waals surface area (Å²) in [6, 6.07) is -0.458. The summed E-state index contributed by atoms with van der Waals surface area (Å²) in [6.45, 7) is 3.79. The third-order valence-corrected chi connectivity index (χ3v) is 3.59. The first-order chi connectivity index (χ1) is 7.73. The molecular weight excluding hydrogens is 235 g/mol. The van der Waals surface area contributed by atoms with Gasteiger partial charge in [0.25, 0.3) is 0 Å². The van der Waals surface area contributed by atoms with Gasteiger partial charge >= 0.3 is 12.1 Å². The van der Waals surface area contributed by atoms with Crippen molar-refractivity contribution in [1.82, 2.24) is 4.90 Å². The molecule has 0 spiro atoms. The van der Waals surface area contributed by atoms with Crippen molar-refractivity contribution >= 4 is 5.97 Å². The second-order valence-electron chi connectivity index (χ2n) is 4.46. The van der Waals surface area contributed by atoms with Crippen molar-refractivity contribution in [2.75, 3.05) is 7.05 Å². The molecule has 1 aliphatic heterocycles. The number of carboxylic acid groups (broad SMARTS) is 1. The summed E-state index contributed by atoms with van der Waals surface area (Å²) >= 11 is 0. The molecule has 1 N–H and O–H groups in total. The average Bonchev–Trinajstić information content (AvgIpc) is 2.65. The van der Waals surface area contributed by atoms with Crippen LogP contribution in [0.15, 0.2) is 23.4 Å². The topological polar surface area (TPSA) is 40.5 Å². The monoisotopic (exact) mass is 247 g/mol. The standard InChI is InChI=1S/C11H12F3NO2/c1-5-6-3-7(8(4-6)15(5)2)9(10(16)17)11(12,13)14/h6,8H,1,3-4H2,2H3,(H,16,17)/b9-7+. The zero-order chi connectivity index (χ0) is 13.0. The van der Waals surface area contributed by atoms with Crippen LogP contribution in [-0.2, 0) is 4.79 Å². The molecule has 3 nitrogen and oxygen atoms in total. The number of carboxylic acids is 1. The number of likely N-dealkylation sites (N-methyl/N-ethyl adjacent to an activating group) is 1. The lowest BCUT2D eigenvalue weighted by Gasteiger charge is -2.30. The molecule has 1 saturated heterocycles. The molecule has 2 unspecified atom stereocenters. The van der Waals surface area contributed by atoms with Gasteiger partial charge in [0.1, 0.15) is 5.57 Å². The Morgan fingerprint density at radius 2 is 2.12 bits per heavy atom. The minimum atomic E-state index is -4.80. The van der Waals surface area contributed by atoms with E-state index in [-0.39, 0.29) is 17.9 Å². The smallest absolute Gasteiger partial charge is 0.423 e. The van der Waals surface area contributed by atoms with Gasteiger partial charge in [-0.05, 0) is 18.4 Å². The van der Waals surface area contributed by atoms with Crippen LogP contribution in [0.25, 0.3) is 0 Å². The molecule has 94 valence electrons. The number of carbonyl (C=O) groups is 1. The number of alkyl halides is 3. The highest BCUT2D eigenvalue weighted by molar-refractivity contribution is 5.89. The molecule has 2 atom stereocenters. The van der Waals surface area contributed by atoms with E-state index in [9.17, 15) is 18.0 Å². The zero-order valence-electron chi connectivity index (χ0n) is 9.21. The Hall–Kier alpha value is -1.46. The molecule has 6 heteroatoms.